The highest BCUT2D eigenvalue weighted by Crippen LogP contribution is 2.27. The van der Waals surface area contributed by atoms with Crippen LogP contribution in [0, 0.1) is 0 Å². The summed E-state index contributed by atoms with van der Waals surface area (Å²) in [5, 5.41) is 2.96. The number of amides is 1. The first-order valence-electron chi connectivity index (χ1n) is 8.69. The molecule has 2 aromatic carbocycles. The van der Waals surface area contributed by atoms with E-state index in [4.69, 9.17) is 9.47 Å². The first-order valence-corrected chi connectivity index (χ1v) is 8.69. The van der Waals surface area contributed by atoms with E-state index in [9.17, 15) is 4.79 Å². The number of imidazole rings is 1. The standard InChI is InChI=1S/C21H23N3O3/c1-24-12-11-22-20(24)16-5-4-6-17(14-16)21(25)23-10-9-15-7-8-18(26-2)19(13-15)27-3/h4-8,11-14H,9-10H2,1-3H3,(H,23,25). The molecule has 0 aliphatic rings. The Morgan fingerprint density at radius 3 is 2.63 bits per heavy atom. The number of rotatable bonds is 7. The minimum Gasteiger partial charge on any atom is -0.493 e. The van der Waals surface area contributed by atoms with Gasteiger partial charge in [0.1, 0.15) is 5.82 Å². The molecular weight excluding hydrogens is 342 g/mol. The fourth-order valence-electron chi connectivity index (χ4n) is 2.90. The average molecular weight is 365 g/mol. The smallest absolute Gasteiger partial charge is 0.251 e. The number of carbonyl (C=O) groups excluding carboxylic acids is 1. The molecule has 0 unspecified atom stereocenters. The minimum atomic E-state index is -0.105. The van der Waals surface area contributed by atoms with E-state index < -0.39 is 0 Å². The number of nitrogens with one attached hydrogen (secondary N) is 1. The molecule has 3 aromatic rings. The minimum absolute atomic E-state index is 0.105. The van der Waals surface area contributed by atoms with Gasteiger partial charge in [-0.2, -0.15) is 0 Å². The van der Waals surface area contributed by atoms with Crippen molar-refractivity contribution in [1.82, 2.24) is 14.9 Å². The van der Waals surface area contributed by atoms with Gasteiger partial charge in [0.05, 0.1) is 14.2 Å². The van der Waals surface area contributed by atoms with E-state index in [1.54, 1.807) is 26.5 Å². The van der Waals surface area contributed by atoms with Crippen molar-refractivity contribution in [2.45, 2.75) is 6.42 Å². The van der Waals surface area contributed by atoms with Crippen LogP contribution < -0.4 is 14.8 Å². The second-order valence-corrected chi connectivity index (χ2v) is 6.14. The van der Waals surface area contributed by atoms with Gasteiger partial charge in [-0.1, -0.05) is 18.2 Å². The lowest BCUT2D eigenvalue weighted by Gasteiger charge is -2.10. The van der Waals surface area contributed by atoms with E-state index in [-0.39, 0.29) is 5.91 Å². The highest BCUT2D eigenvalue weighted by Gasteiger charge is 2.10. The third kappa shape index (κ3) is 4.28. The zero-order valence-electron chi connectivity index (χ0n) is 15.7. The van der Waals surface area contributed by atoms with Crippen molar-refractivity contribution in [3.8, 4) is 22.9 Å². The van der Waals surface area contributed by atoms with Gasteiger partial charge < -0.3 is 19.4 Å². The Kier molecular flexibility index (Phi) is 5.76. The van der Waals surface area contributed by atoms with Crippen molar-refractivity contribution in [1.29, 1.82) is 0 Å². The summed E-state index contributed by atoms with van der Waals surface area (Å²) in [6.07, 6.45) is 4.32. The summed E-state index contributed by atoms with van der Waals surface area (Å²) in [5.41, 5.74) is 2.59. The molecule has 0 bridgehead atoms. The van der Waals surface area contributed by atoms with Crippen LogP contribution in [0.15, 0.2) is 54.9 Å². The quantitative estimate of drug-likeness (QED) is 0.699. The SMILES string of the molecule is COc1ccc(CCNC(=O)c2cccc(-c3nccn3C)c2)cc1OC. The summed E-state index contributed by atoms with van der Waals surface area (Å²) < 4.78 is 12.5. The second-order valence-electron chi connectivity index (χ2n) is 6.14. The van der Waals surface area contributed by atoms with Gasteiger partial charge in [0.25, 0.3) is 5.91 Å². The number of aryl methyl sites for hydroxylation is 1. The molecule has 1 amide bonds. The molecular formula is C21H23N3O3. The Morgan fingerprint density at radius 1 is 1.11 bits per heavy atom. The fourth-order valence-corrected chi connectivity index (χ4v) is 2.90. The Labute approximate surface area is 158 Å². The first kappa shape index (κ1) is 18.5. The summed E-state index contributed by atoms with van der Waals surface area (Å²) in [4.78, 5) is 16.8. The van der Waals surface area contributed by atoms with Gasteiger partial charge in [-0.25, -0.2) is 4.98 Å². The molecule has 140 valence electrons. The molecule has 6 nitrogen and oxygen atoms in total. The lowest BCUT2D eigenvalue weighted by molar-refractivity contribution is 0.0954. The summed E-state index contributed by atoms with van der Waals surface area (Å²) >= 11 is 0. The van der Waals surface area contributed by atoms with Crippen LogP contribution in [0.2, 0.25) is 0 Å². The Hall–Kier alpha value is -3.28. The third-order valence-corrected chi connectivity index (χ3v) is 4.35. The van der Waals surface area contributed by atoms with Crippen LogP contribution in [0.25, 0.3) is 11.4 Å². The van der Waals surface area contributed by atoms with Crippen LogP contribution in [0.1, 0.15) is 15.9 Å². The van der Waals surface area contributed by atoms with Gasteiger partial charge in [-0.05, 0) is 36.2 Å². The molecule has 6 heteroatoms. The number of benzene rings is 2. The predicted octanol–water partition coefficient (Wildman–Crippen LogP) is 3.08. The Bertz CT molecular complexity index is 934. The topological polar surface area (TPSA) is 65.4 Å². The maximum absolute atomic E-state index is 12.5. The Morgan fingerprint density at radius 2 is 1.93 bits per heavy atom. The molecule has 0 aliphatic heterocycles. The van der Waals surface area contributed by atoms with Crippen LogP contribution in [0.3, 0.4) is 0 Å². The molecule has 0 radical (unpaired) electrons. The van der Waals surface area contributed by atoms with E-state index in [1.807, 2.05) is 54.2 Å². The third-order valence-electron chi connectivity index (χ3n) is 4.35. The molecule has 0 spiro atoms. The zero-order valence-corrected chi connectivity index (χ0v) is 15.7. The van der Waals surface area contributed by atoms with E-state index in [0.717, 1.165) is 17.0 Å². The summed E-state index contributed by atoms with van der Waals surface area (Å²) in [5.74, 6) is 2.10. The maximum atomic E-state index is 12.5. The monoisotopic (exact) mass is 365 g/mol. The van der Waals surface area contributed by atoms with Crippen LogP contribution >= 0.6 is 0 Å². The number of nitrogens with zero attached hydrogens (tertiary/aromatic N) is 2. The molecule has 1 heterocycles. The number of hydrogen-bond donors (Lipinski definition) is 1. The molecule has 0 atom stereocenters. The van der Waals surface area contributed by atoms with Gasteiger partial charge >= 0.3 is 0 Å². The van der Waals surface area contributed by atoms with Crippen LogP contribution in [-0.2, 0) is 13.5 Å². The predicted molar refractivity (Wildman–Crippen MR) is 104 cm³/mol. The lowest BCUT2D eigenvalue weighted by Crippen LogP contribution is -2.25. The number of aromatic nitrogens is 2. The van der Waals surface area contributed by atoms with Crippen LogP contribution in [-0.4, -0.2) is 36.2 Å². The number of ether oxygens (including phenoxy) is 2. The molecule has 0 saturated heterocycles. The van der Waals surface area contributed by atoms with Gasteiger partial charge in [-0.3, -0.25) is 4.79 Å². The first-order chi connectivity index (χ1) is 13.1. The lowest BCUT2D eigenvalue weighted by atomic mass is 10.1. The molecule has 1 aromatic heterocycles. The van der Waals surface area contributed by atoms with Gasteiger partial charge in [0.15, 0.2) is 11.5 Å². The van der Waals surface area contributed by atoms with Gasteiger partial charge in [0.2, 0.25) is 0 Å². The van der Waals surface area contributed by atoms with Crippen molar-refractivity contribution in [3.05, 3.63) is 66.0 Å². The molecule has 27 heavy (non-hydrogen) atoms. The Balaban J connectivity index is 1.62. The largest absolute Gasteiger partial charge is 0.493 e. The van der Waals surface area contributed by atoms with Crippen molar-refractivity contribution < 1.29 is 14.3 Å². The highest BCUT2D eigenvalue weighted by atomic mass is 16.5. The number of carbonyl (C=O) groups is 1. The highest BCUT2D eigenvalue weighted by molar-refractivity contribution is 5.95. The van der Waals surface area contributed by atoms with Gasteiger partial charge in [0, 0.05) is 37.1 Å². The van der Waals surface area contributed by atoms with Crippen molar-refractivity contribution in [2.24, 2.45) is 7.05 Å². The molecule has 3 rings (SSSR count). The summed E-state index contributed by atoms with van der Waals surface area (Å²) in [6, 6.07) is 13.2. The zero-order chi connectivity index (χ0) is 19.2. The van der Waals surface area contributed by atoms with Crippen molar-refractivity contribution in [3.63, 3.8) is 0 Å². The average Bonchev–Trinajstić information content (AvgIpc) is 3.13. The molecule has 0 aliphatic carbocycles. The number of methoxy groups -OCH3 is 2. The van der Waals surface area contributed by atoms with Crippen molar-refractivity contribution in [2.75, 3.05) is 20.8 Å². The van der Waals surface area contributed by atoms with E-state index in [2.05, 4.69) is 10.3 Å². The molecule has 1 N–H and O–H groups in total. The van der Waals surface area contributed by atoms with Crippen LogP contribution in [0.5, 0.6) is 11.5 Å². The normalized spacial score (nSPS) is 10.5. The summed E-state index contributed by atoms with van der Waals surface area (Å²) in [6.45, 7) is 0.529. The summed E-state index contributed by atoms with van der Waals surface area (Å²) in [7, 11) is 5.15. The van der Waals surface area contributed by atoms with Crippen LogP contribution in [0.4, 0.5) is 0 Å². The molecule has 0 fully saturated rings. The maximum Gasteiger partial charge on any atom is 0.251 e. The van der Waals surface area contributed by atoms with E-state index in [0.29, 0.717) is 30.0 Å². The van der Waals surface area contributed by atoms with Crippen molar-refractivity contribution >= 4 is 5.91 Å². The fraction of sp³-hybridized carbons (Fsp3) is 0.238. The van der Waals surface area contributed by atoms with E-state index >= 15 is 0 Å². The van der Waals surface area contributed by atoms with E-state index in [1.165, 1.54) is 0 Å². The second kappa shape index (κ2) is 8.40. The number of hydrogen-bond acceptors (Lipinski definition) is 4. The van der Waals surface area contributed by atoms with Gasteiger partial charge in [-0.15, -0.1) is 0 Å². The molecule has 0 saturated carbocycles.